The predicted molar refractivity (Wildman–Crippen MR) is 119 cm³/mol. The van der Waals surface area contributed by atoms with Crippen LogP contribution in [0.15, 0.2) is 73.1 Å². The van der Waals surface area contributed by atoms with Gasteiger partial charge in [-0.15, -0.1) is 0 Å². The van der Waals surface area contributed by atoms with Crippen LogP contribution in [0.5, 0.6) is 0 Å². The molecule has 0 aliphatic carbocycles. The first-order valence-electron chi connectivity index (χ1n) is 9.71. The van der Waals surface area contributed by atoms with Crippen LogP contribution in [-0.4, -0.2) is 41.1 Å². The largest absolute Gasteiger partial charge is 0.367 e. The molecule has 6 heteroatoms. The lowest BCUT2D eigenvalue weighted by molar-refractivity contribution is 0.649. The van der Waals surface area contributed by atoms with E-state index in [0.29, 0.717) is 5.82 Å². The van der Waals surface area contributed by atoms with Crippen LogP contribution in [0.25, 0.3) is 22.3 Å². The molecule has 1 aliphatic rings. The third-order valence-electron chi connectivity index (χ3n) is 5.28. The molecule has 0 unspecified atom stereocenters. The summed E-state index contributed by atoms with van der Waals surface area (Å²) >= 11 is 6.40. The molecular formula is C23H20ClN5. The fourth-order valence-electron chi connectivity index (χ4n) is 3.79. The number of hydrogen-bond acceptors (Lipinski definition) is 5. The Kier molecular flexibility index (Phi) is 4.74. The molecular weight excluding hydrogens is 382 g/mol. The van der Waals surface area contributed by atoms with E-state index in [1.54, 1.807) is 6.20 Å². The Balaban J connectivity index is 1.48. The van der Waals surface area contributed by atoms with Gasteiger partial charge >= 0.3 is 0 Å². The lowest BCUT2D eigenvalue weighted by Gasteiger charge is -2.37. The fourth-order valence-corrected chi connectivity index (χ4v) is 4.05. The van der Waals surface area contributed by atoms with Gasteiger partial charge in [0, 0.05) is 49.5 Å². The number of fused-ring (bicyclic) bond motifs is 1. The van der Waals surface area contributed by atoms with E-state index in [1.807, 2.05) is 54.7 Å². The van der Waals surface area contributed by atoms with Gasteiger partial charge in [0.05, 0.1) is 16.2 Å². The molecule has 1 aliphatic heterocycles. The van der Waals surface area contributed by atoms with Gasteiger partial charge in [0.2, 0.25) is 0 Å². The normalized spacial score (nSPS) is 14.4. The van der Waals surface area contributed by atoms with Crippen molar-refractivity contribution in [2.45, 2.75) is 0 Å². The predicted octanol–water partition coefficient (Wildman–Crippen LogP) is 4.67. The lowest BCUT2D eigenvalue weighted by Crippen LogP contribution is -2.47. The molecule has 0 atom stereocenters. The van der Waals surface area contributed by atoms with E-state index >= 15 is 0 Å². The molecule has 5 rings (SSSR count). The maximum atomic E-state index is 6.40. The van der Waals surface area contributed by atoms with Gasteiger partial charge in [-0.3, -0.25) is 4.98 Å². The third kappa shape index (κ3) is 3.49. The van der Waals surface area contributed by atoms with Gasteiger partial charge in [-0.1, -0.05) is 35.9 Å². The summed E-state index contributed by atoms with van der Waals surface area (Å²) in [5.41, 5.74) is 2.97. The molecule has 5 nitrogen and oxygen atoms in total. The smallest absolute Gasteiger partial charge is 0.163 e. The molecule has 144 valence electrons. The van der Waals surface area contributed by atoms with E-state index in [0.717, 1.165) is 59.2 Å². The van der Waals surface area contributed by atoms with Gasteiger partial charge in [-0.2, -0.15) is 0 Å². The monoisotopic (exact) mass is 401 g/mol. The minimum atomic E-state index is 0.709. The summed E-state index contributed by atoms with van der Waals surface area (Å²) in [7, 11) is 0. The van der Waals surface area contributed by atoms with Crippen LogP contribution in [0, 0.1) is 0 Å². The number of hydrogen-bond donors (Lipinski definition) is 0. The molecule has 4 aromatic rings. The summed E-state index contributed by atoms with van der Waals surface area (Å²) in [5.74, 6) is 1.69. The minimum Gasteiger partial charge on any atom is -0.367 e. The molecule has 2 aromatic carbocycles. The van der Waals surface area contributed by atoms with E-state index in [4.69, 9.17) is 21.6 Å². The Bertz CT molecular complexity index is 1140. The average molecular weight is 402 g/mol. The molecule has 0 radical (unpaired) electrons. The molecule has 0 N–H and O–H groups in total. The molecule has 1 saturated heterocycles. The topological polar surface area (TPSA) is 45.2 Å². The first kappa shape index (κ1) is 17.9. The van der Waals surface area contributed by atoms with Gasteiger partial charge in [-0.25, -0.2) is 9.97 Å². The number of piperazine rings is 1. The summed E-state index contributed by atoms with van der Waals surface area (Å²) in [5, 5.41) is 1.87. The first-order valence-corrected chi connectivity index (χ1v) is 10.1. The maximum Gasteiger partial charge on any atom is 0.163 e. The van der Waals surface area contributed by atoms with E-state index < -0.39 is 0 Å². The highest BCUT2D eigenvalue weighted by Gasteiger charge is 2.22. The summed E-state index contributed by atoms with van der Waals surface area (Å²) in [6.07, 6.45) is 3.57. The summed E-state index contributed by atoms with van der Waals surface area (Å²) in [6.45, 7) is 3.53. The minimum absolute atomic E-state index is 0.709. The zero-order valence-corrected chi connectivity index (χ0v) is 16.6. The average Bonchev–Trinajstić information content (AvgIpc) is 2.79. The third-order valence-corrected chi connectivity index (χ3v) is 5.59. The van der Waals surface area contributed by atoms with Crippen molar-refractivity contribution < 1.29 is 0 Å². The van der Waals surface area contributed by atoms with Crippen molar-refractivity contribution in [3.8, 4) is 11.4 Å². The van der Waals surface area contributed by atoms with Crippen molar-refractivity contribution in [1.29, 1.82) is 0 Å². The SMILES string of the molecule is Clc1ccccc1N1CCN(c2nc(-c3cccnc3)nc3ccccc23)CC1. The molecule has 0 bridgehead atoms. The number of pyridine rings is 1. The highest BCUT2D eigenvalue weighted by atomic mass is 35.5. The van der Waals surface area contributed by atoms with E-state index in [9.17, 15) is 0 Å². The Morgan fingerprint density at radius 1 is 0.759 bits per heavy atom. The number of aromatic nitrogens is 3. The Labute approximate surface area is 174 Å². The van der Waals surface area contributed by atoms with Crippen molar-refractivity contribution in [1.82, 2.24) is 15.0 Å². The molecule has 2 aromatic heterocycles. The van der Waals surface area contributed by atoms with Crippen molar-refractivity contribution in [3.05, 3.63) is 78.1 Å². The number of nitrogens with zero attached hydrogens (tertiary/aromatic N) is 5. The van der Waals surface area contributed by atoms with Crippen molar-refractivity contribution in [3.63, 3.8) is 0 Å². The zero-order chi connectivity index (χ0) is 19.6. The summed E-state index contributed by atoms with van der Waals surface area (Å²) in [4.78, 5) is 18.6. The van der Waals surface area contributed by atoms with Crippen LogP contribution in [0.1, 0.15) is 0 Å². The second-order valence-corrected chi connectivity index (χ2v) is 7.46. The quantitative estimate of drug-likeness (QED) is 0.499. The van der Waals surface area contributed by atoms with Gasteiger partial charge in [0.25, 0.3) is 0 Å². The summed E-state index contributed by atoms with van der Waals surface area (Å²) < 4.78 is 0. The van der Waals surface area contributed by atoms with Crippen LogP contribution < -0.4 is 9.80 Å². The highest BCUT2D eigenvalue weighted by Crippen LogP contribution is 2.30. The number of para-hydroxylation sites is 2. The van der Waals surface area contributed by atoms with E-state index in [1.165, 1.54) is 0 Å². The second-order valence-electron chi connectivity index (χ2n) is 7.06. The van der Waals surface area contributed by atoms with Crippen molar-refractivity contribution in [2.75, 3.05) is 36.0 Å². The molecule has 29 heavy (non-hydrogen) atoms. The van der Waals surface area contributed by atoms with Gasteiger partial charge in [-0.05, 0) is 36.4 Å². The molecule has 0 saturated carbocycles. The number of halogens is 1. The highest BCUT2D eigenvalue weighted by molar-refractivity contribution is 6.33. The van der Waals surface area contributed by atoms with Gasteiger partial charge in [0.15, 0.2) is 5.82 Å². The zero-order valence-electron chi connectivity index (χ0n) is 15.9. The van der Waals surface area contributed by atoms with Crippen LogP contribution in [-0.2, 0) is 0 Å². The Hall–Kier alpha value is -3.18. The standard InChI is InChI=1S/C23H20ClN5/c24-19-8-2-4-10-21(19)28-12-14-29(15-13-28)23-18-7-1-3-9-20(18)26-22(27-23)17-6-5-11-25-16-17/h1-11,16H,12-15H2. The van der Waals surface area contributed by atoms with Gasteiger partial charge < -0.3 is 9.80 Å². The molecule has 1 fully saturated rings. The Morgan fingerprint density at radius 3 is 2.31 bits per heavy atom. The maximum absolute atomic E-state index is 6.40. The summed E-state index contributed by atoms with van der Waals surface area (Å²) in [6, 6.07) is 20.1. The van der Waals surface area contributed by atoms with Crippen LogP contribution in [0.3, 0.4) is 0 Å². The molecule has 3 heterocycles. The van der Waals surface area contributed by atoms with Crippen molar-refractivity contribution >= 4 is 34.0 Å². The van der Waals surface area contributed by atoms with Crippen LogP contribution in [0.4, 0.5) is 11.5 Å². The number of rotatable bonds is 3. The number of benzene rings is 2. The first-order chi connectivity index (χ1) is 14.3. The van der Waals surface area contributed by atoms with Gasteiger partial charge in [0.1, 0.15) is 5.82 Å². The van der Waals surface area contributed by atoms with E-state index in [2.05, 4.69) is 26.9 Å². The van der Waals surface area contributed by atoms with E-state index in [-0.39, 0.29) is 0 Å². The number of anilines is 2. The van der Waals surface area contributed by atoms with Crippen LogP contribution >= 0.6 is 11.6 Å². The van der Waals surface area contributed by atoms with Crippen molar-refractivity contribution in [2.24, 2.45) is 0 Å². The molecule has 0 spiro atoms. The van der Waals surface area contributed by atoms with Crippen LogP contribution in [0.2, 0.25) is 5.02 Å². The fraction of sp³-hybridized carbons (Fsp3) is 0.174. The lowest BCUT2D eigenvalue weighted by atomic mass is 10.1. The second kappa shape index (κ2) is 7.68. The molecule has 0 amide bonds. The Morgan fingerprint density at radius 2 is 1.52 bits per heavy atom.